The van der Waals surface area contributed by atoms with E-state index in [2.05, 4.69) is 22.6 Å². The normalized spacial score (nSPS) is 23.0. The zero-order chi connectivity index (χ0) is 14.2. The van der Waals surface area contributed by atoms with Crippen molar-refractivity contribution in [2.24, 2.45) is 7.05 Å². The zero-order valence-corrected chi connectivity index (χ0v) is 10.9. The van der Waals surface area contributed by atoms with Crippen LogP contribution in [0.2, 0.25) is 0 Å². The van der Waals surface area contributed by atoms with Gasteiger partial charge in [0.05, 0.1) is 11.9 Å². The molecular formula is C10H13F3N4OS. The topological polar surface area (TPSA) is 50.2 Å². The van der Waals surface area contributed by atoms with Crippen LogP contribution in [0, 0.1) is 0 Å². The van der Waals surface area contributed by atoms with E-state index >= 15 is 0 Å². The number of anilines is 1. The van der Waals surface area contributed by atoms with Gasteiger partial charge in [0.15, 0.2) is 0 Å². The molecule has 106 valence electrons. The quantitative estimate of drug-likeness (QED) is 0.826. The van der Waals surface area contributed by atoms with E-state index in [4.69, 9.17) is 0 Å². The highest BCUT2D eigenvalue weighted by Gasteiger charge is 2.48. The third-order valence-electron chi connectivity index (χ3n) is 3.09. The lowest BCUT2D eigenvalue weighted by atomic mass is 9.86. The van der Waals surface area contributed by atoms with E-state index in [0.29, 0.717) is 12.8 Å². The molecule has 19 heavy (non-hydrogen) atoms. The summed E-state index contributed by atoms with van der Waals surface area (Å²) in [7, 11) is 1.58. The van der Waals surface area contributed by atoms with Crippen LogP contribution in [0.3, 0.4) is 0 Å². The first kappa shape index (κ1) is 14.2. The second-order valence-electron chi connectivity index (χ2n) is 4.50. The van der Waals surface area contributed by atoms with Crippen LogP contribution in [0.4, 0.5) is 18.9 Å². The molecule has 0 spiro atoms. The van der Waals surface area contributed by atoms with E-state index in [-0.39, 0.29) is 11.7 Å². The molecule has 9 heteroatoms. The first-order chi connectivity index (χ1) is 8.82. The van der Waals surface area contributed by atoms with Crippen molar-refractivity contribution in [2.75, 3.05) is 4.90 Å². The lowest BCUT2D eigenvalue weighted by Gasteiger charge is -2.41. The van der Waals surface area contributed by atoms with Crippen LogP contribution < -0.4 is 9.62 Å². The molecule has 1 amide bonds. The number of nitrogens with zero attached hydrogens (tertiary/aromatic N) is 3. The van der Waals surface area contributed by atoms with Gasteiger partial charge in [0.25, 0.3) is 0 Å². The minimum absolute atomic E-state index is 0.0218. The summed E-state index contributed by atoms with van der Waals surface area (Å²) < 4.78 is 42.0. The van der Waals surface area contributed by atoms with Gasteiger partial charge >= 0.3 is 12.1 Å². The second-order valence-corrected chi connectivity index (χ2v) is 4.75. The lowest BCUT2D eigenvalue weighted by molar-refractivity contribution is -0.171. The van der Waals surface area contributed by atoms with Crippen LogP contribution in [-0.2, 0) is 11.8 Å². The van der Waals surface area contributed by atoms with Gasteiger partial charge in [0.1, 0.15) is 0 Å². The minimum Gasteiger partial charge on any atom is -0.298 e. The SMILES string of the molecule is Cn1cc(N(C(=O)C(F)(F)F)C2CC(NS)C2)cn1. The molecule has 0 saturated heterocycles. The number of alkyl halides is 3. The highest BCUT2D eigenvalue weighted by molar-refractivity contribution is 7.78. The highest BCUT2D eigenvalue weighted by Crippen LogP contribution is 2.33. The number of amides is 1. The molecule has 0 aliphatic heterocycles. The van der Waals surface area contributed by atoms with Gasteiger partial charge in [-0.05, 0) is 12.8 Å². The van der Waals surface area contributed by atoms with Gasteiger partial charge < -0.3 is 0 Å². The molecule has 1 N–H and O–H groups in total. The van der Waals surface area contributed by atoms with Gasteiger partial charge in [0, 0.05) is 25.3 Å². The van der Waals surface area contributed by atoms with E-state index in [1.165, 1.54) is 17.1 Å². The lowest BCUT2D eigenvalue weighted by Crippen LogP contribution is -2.56. The number of nitrogens with one attached hydrogen (secondary N) is 1. The smallest absolute Gasteiger partial charge is 0.298 e. The van der Waals surface area contributed by atoms with Crippen molar-refractivity contribution in [3.63, 3.8) is 0 Å². The number of aryl methyl sites for hydroxylation is 1. The molecular weight excluding hydrogens is 281 g/mol. The van der Waals surface area contributed by atoms with Crippen LogP contribution in [0.25, 0.3) is 0 Å². The largest absolute Gasteiger partial charge is 0.471 e. The molecule has 1 aromatic heterocycles. The Kier molecular flexibility index (Phi) is 3.77. The molecule has 1 heterocycles. The molecule has 0 unspecified atom stereocenters. The average molecular weight is 294 g/mol. The third-order valence-corrected chi connectivity index (χ3v) is 3.46. The Morgan fingerprint density at radius 2 is 2.21 bits per heavy atom. The second kappa shape index (κ2) is 5.04. The summed E-state index contributed by atoms with van der Waals surface area (Å²) in [6.45, 7) is 0. The summed E-state index contributed by atoms with van der Waals surface area (Å²) >= 11 is 3.86. The summed E-state index contributed by atoms with van der Waals surface area (Å²) in [4.78, 5) is 12.3. The summed E-state index contributed by atoms with van der Waals surface area (Å²) in [5.74, 6) is -1.86. The Morgan fingerprint density at radius 3 is 2.63 bits per heavy atom. The van der Waals surface area contributed by atoms with Crippen molar-refractivity contribution in [3.05, 3.63) is 12.4 Å². The first-order valence-corrected chi connectivity index (χ1v) is 6.06. The number of carbonyl (C=O) groups excluding carboxylic acids is 1. The maximum absolute atomic E-state index is 12.6. The standard InChI is InChI=1S/C10H13F3N4OS/c1-16-5-8(4-14-16)17(9(18)10(11,12)13)7-2-6(3-7)15-19/h4-7,15,19H,2-3H2,1H3. The van der Waals surface area contributed by atoms with Crippen LogP contribution in [-0.4, -0.2) is 33.9 Å². The van der Waals surface area contributed by atoms with Crippen molar-refractivity contribution in [1.29, 1.82) is 0 Å². The molecule has 1 fully saturated rings. The van der Waals surface area contributed by atoms with Crippen LogP contribution in [0.1, 0.15) is 12.8 Å². The van der Waals surface area contributed by atoms with Crippen molar-refractivity contribution in [1.82, 2.24) is 14.5 Å². The van der Waals surface area contributed by atoms with Gasteiger partial charge in [-0.15, -0.1) is 0 Å². The number of thiol groups is 1. The Hall–Kier alpha value is -1.22. The van der Waals surface area contributed by atoms with Crippen LogP contribution in [0.15, 0.2) is 12.4 Å². The molecule has 2 rings (SSSR count). The predicted molar refractivity (Wildman–Crippen MR) is 65.7 cm³/mol. The summed E-state index contributed by atoms with van der Waals surface area (Å²) in [6, 6.07) is -0.462. The predicted octanol–water partition coefficient (Wildman–Crippen LogP) is 1.28. The van der Waals surface area contributed by atoms with Gasteiger partial charge in [-0.2, -0.15) is 18.3 Å². The van der Waals surface area contributed by atoms with Crippen molar-refractivity contribution in [2.45, 2.75) is 31.1 Å². The number of aromatic nitrogens is 2. The van der Waals surface area contributed by atoms with Crippen LogP contribution in [0.5, 0.6) is 0 Å². The molecule has 1 aliphatic rings. The summed E-state index contributed by atoms with van der Waals surface area (Å²) in [6.07, 6.45) is -1.38. The molecule has 1 aliphatic carbocycles. The first-order valence-electron chi connectivity index (χ1n) is 5.61. The van der Waals surface area contributed by atoms with E-state index in [9.17, 15) is 18.0 Å². The Morgan fingerprint density at radius 1 is 1.58 bits per heavy atom. The third kappa shape index (κ3) is 2.86. The fraction of sp³-hybridized carbons (Fsp3) is 0.600. The summed E-state index contributed by atoms with van der Waals surface area (Å²) in [5, 5.41) is 3.81. The number of halogens is 3. The molecule has 1 saturated carbocycles. The molecule has 0 radical (unpaired) electrons. The average Bonchev–Trinajstić information content (AvgIpc) is 2.67. The molecule has 0 atom stereocenters. The van der Waals surface area contributed by atoms with Gasteiger partial charge in [-0.3, -0.25) is 19.1 Å². The molecule has 1 aromatic rings. The molecule has 5 nitrogen and oxygen atoms in total. The van der Waals surface area contributed by atoms with Crippen molar-refractivity contribution >= 4 is 24.4 Å². The minimum atomic E-state index is -4.89. The van der Waals surface area contributed by atoms with Crippen molar-refractivity contribution in [3.8, 4) is 0 Å². The van der Waals surface area contributed by atoms with Gasteiger partial charge in [0.2, 0.25) is 0 Å². The van der Waals surface area contributed by atoms with Gasteiger partial charge in [-0.1, -0.05) is 12.8 Å². The maximum Gasteiger partial charge on any atom is 0.471 e. The fourth-order valence-corrected chi connectivity index (χ4v) is 2.28. The number of rotatable bonds is 3. The number of hydrogen-bond donors (Lipinski definition) is 2. The Balaban J connectivity index is 2.22. The summed E-state index contributed by atoms with van der Waals surface area (Å²) in [5.41, 5.74) is 0.160. The Bertz CT molecular complexity index is 470. The monoisotopic (exact) mass is 294 g/mol. The van der Waals surface area contributed by atoms with E-state index in [1.807, 2.05) is 0 Å². The van der Waals surface area contributed by atoms with Crippen LogP contribution >= 0.6 is 12.8 Å². The molecule has 0 aromatic carbocycles. The molecule has 0 bridgehead atoms. The zero-order valence-electron chi connectivity index (χ0n) is 10.1. The maximum atomic E-state index is 12.6. The number of hydrogen-bond acceptors (Lipinski definition) is 4. The fourth-order valence-electron chi connectivity index (χ4n) is 2.07. The number of carbonyl (C=O) groups is 1. The van der Waals surface area contributed by atoms with Crippen molar-refractivity contribution < 1.29 is 18.0 Å². The van der Waals surface area contributed by atoms with E-state index in [0.717, 1.165) is 4.90 Å². The Labute approximate surface area is 113 Å². The highest BCUT2D eigenvalue weighted by atomic mass is 32.1. The van der Waals surface area contributed by atoms with E-state index < -0.39 is 18.1 Å². The van der Waals surface area contributed by atoms with E-state index in [1.54, 1.807) is 7.05 Å². The van der Waals surface area contributed by atoms with Gasteiger partial charge in [-0.25, -0.2) is 0 Å².